The number of para-hydroxylation sites is 1. The molecule has 1 atom stereocenters. The molecule has 0 bridgehead atoms. The maximum atomic E-state index is 13.3. The van der Waals surface area contributed by atoms with E-state index in [1.54, 1.807) is 6.07 Å². The lowest BCUT2D eigenvalue weighted by Gasteiger charge is -2.16. The zero-order chi connectivity index (χ0) is 19.8. The standard InChI is InChI=1S/C18H9F6N3/c1-25-16(13-7-2-3-8-26-13)11-9-14(18(22,23)24)27-15-10(11)5-4-6-12(15)17(19,20)21/h2-9,16H. The largest absolute Gasteiger partial charge is 0.433 e. The molecule has 3 nitrogen and oxygen atoms in total. The second-order valence-electron chi connectivity index (χ2n) is 5.58. The molecule has 0 fully saturated rings. The summed E-state index contributed by atoms with van der Waals surface area (Å²) in [5.74, 6) is 0. The van der Waals surface area contributed by atoms with Gasteiger partial charge >= 0.3 is 12.4 Å². The van der Waals surface area contributed by atoms with Gasteiger partial charge in [-0.2, -0.15) is 26.3 Å². The molecular formula is C18H9F6N3. The molecule has 0 amide bonds. The van der Waals surface area contributed by atoms with Crippen LogP contribution in [0.1, 0.15) is 28.6 Å². The van der Waals surface area contributed by atoms with Gasteiger partial charge in [0.2, 0.25) is 0 Å². The van der Waals surface area contributed by atoms with E-state index in [1.807, 2.05) is 0 Å². The fourth-order valence-electron chi connectivity index (χ4n) is 2.71. The van der Waals surface area contributed by atoms with Crippen molar-refractivity contribution in [1.82, 2.24) is 9.97 Å². The maximum Gasteiger partial charge on any atom is 0.433 e. The van der Waals surface area contributed by atoms with Crippen LogP contribution in [0.4, 0.5) is 26.3 Å². The fraction of sp³-hybridized carbons (Fsp3) is 0.167. The van der Waals surface area contributed by atoms with Crippen molar-refractivity contribution in [3.05, 3.63) is 82.6 Å². The first-order valence-corrected chi connectivity index (χ1v) is 7.48. The minimum atomic E-state index is -4.97. The number of rotatable bonds is 2. The van der Waals surface area contributed by atoms with Crippen molar-refractivity contribution < 1.29 is 26.3 Å². The Bertz CT molecular complexity index is 1020. The Kier molecular flexibility index (Phi) is 4.51. The van der Waals surface area contributed by atoms with Crippen LogP contribution in [0.15, 0.2) is 48.7 Å². The van der Waals surface area contributed by atoms with E-state index in [1.165, 1.54) is 24.4 Å². The second kappa shape index (κ2) is 6.54. The summed E-state index contributed by atoms with van der Waals surface area (Å²) in [6.45, 7) is 7.37. The molecular weight excluding hydrogens is 372 g/mol. The molecule has 0 N–H and O–H groups in total. The minimum Gasteiger partial charge on any atom is -0.301 e. The number of nitrogens with zero attached hydrogens (tertiary/aromatic N) is 3. The highest BCUT2D eigenvalue weighted by atomic mass is 19.4. The van der Waals surface area contributed by atoms with Gasteiger partial charge in [-0.25, -0.2) is 11.6 Å². The molecule has 3 aromatic rings. The number of benzene rings is 1. The van der Waals surface area contributed by atoms with Crippen LogP contribution >= 0.6 is 0 Å². The van der Waals surface area contributed by atoms with Crippen LogP contribution in [0.5, 0.6) is 0 Å². The molecule has 0 saturated carbocycles. The highest BCUT2D eigenvalue weighted by molar-refractivity contribution is 5.87. The van der Waals surface area contributed by atoms with Crippen molar-refractivity contribution in [2.24, 2.45) is 0 Å². The van der Waals surface area contributed by atoms with Gasteiger partial charge in [0.1, 0.15) is 11.4 Å². The SMILES string of the molecule is [C-]#[N+]C(c1ccccn1)c1cc(C(F)(F)F)nc2c(C(F)(F)F)cccc12. The third kappa shape index (κ3) is 3.56. The maximum absolute atomic E-state index is 13.3. The summed E-state index contributed by atoms with van der Waals surface area (Å²) in [6, 6.07) is 6.77. The molecule has 1 unspecified atom stereocenters. The van der Waals surface area contributed by atoms with Crippen molar-refractivity contribution in [1.29, 1.82) is 0 Å². The average Bonchev–Trinajstić information content (AvgIpc) is 2.61. The minimum absolute atomic E-state index is 0.130. The van der Waals surface area contributed by atoms with E-state index in [9.17, 15) is 26.3 Å². The van der Waals surface area contributed by atoms with E-state index in [-0.39, 0.29) is 16.6 Å². The lowest BCUT2D eigenvalue weighted by molar-refractivity contribution is -0.142. The smallest absolute Gasteiger partial charge is 0.301 e. The van der Waals surface area contributed by atoms with Crippen LogP contribution in [-0.2, 0) is 12.4 Å². The third-order valence-electron chi connectivity index (χ3n) is 3.86. The Morgan fingerprint density at radius 3 is 2.22 bits per heavy atom. The van der Waals surface area contributed by atoms with E-state index in [2.05, 4.69) is 14.8 Å². The lowest BCUT2D eigenvalue weighted by atomic mass is 9.96. The Hall–Kier alpha value is -3.15. The number of hydrogen-bond acceptors (Lipinski definition) is 2. The van der Waals surface area contributed by atoms with Crippen molar-refractivity contribution in [3.8, 4) is 0 Å². The summed E-state index contributed by atoms with van der Waals surface area (Å²) in [6.07, 6.45) is -8.52. The molecule has 138 valence electrons. The molecule has 0 saturated heterocycles. The van der Waals surface area contributed by atoms with Gasteiger partial charge in [0, 0.05) is 11.6 Å². The molecule has 27 heavy (non-hydrogen) atoms. The monoisotopic (exact) mass is 381 g/mol. The van der Waals surface area contributed by atoms with Gasteiger partial charge in [-0.1, -0.05) is 18.2 Å². The highest BCUT2D eigenvalue weighted by Gasteiger charge is 2.39. The van der Waals surface area contributed by atoms with Crippen LogP contribution < -0.4 is 0 Å². The van der Waals surface area contributed by atoms with E-state index in [4.69, 9.17) is 6.57 Å². The molecule has 3 rings (SSSR count). The molecule has 1 aromatic carbocycles. The number of alkyl halides is 6. The van der Waals surface area contributed by atoms with E-state index in [0.717, 1.165) is 6.07 Å². The third-order valence-corrected chi connectivity index (χ3v) is 3.86. The predicted molar refractivity (Wildman–Crippen MR) is 84.4 cm³/mol. The zero-order valence-corrected chi connectivity index (χ0v) is 13.3. The van der Waals surface area contributed by atoms with Crippen LogP contribution in [-0.4, -0.2) is 9.97 Å². The molecule has 9 heteroatoms. The van der Waals surface area contributed by atoms with Gasteiger partial charge in [0.25, 0.3) is 6.04 Å². The van der Waals surface area contributed by atoms with Gasteiger partial charge in [0.05, 0.1) is 16.6 Å². The lowest BCUT2D eigenvalue weighted by Crippen LogP contribution is -2.13. The Balaban J connectivity index is 2.40. The van der Waals surface area contributed by atoms with Gasteiger partial charge in [-0.05, 0) is 24.3 Å². The summed E-state index contributed by atoms with van der Waals surface area (Å²) >= 11 is 0. The Labute approximate surface area is 149 Å². The summed E-state index contributed by atoms with van der Waals surface area (Å²) in [7, 11) is 0. The molecule has 0 radical (unpaired) electrons. The average molecular weight is 381 g/mol. The quantitative estimate of drug-likeness (QED) is 0.423. The number of hydrogen-bond donors (Lipinski definition) is 0. The summed E-state index contributed by atoms with van der Waals surface area (Å²) < 4.78 is 79.6. The van der Waals surface area contributed by atoms with Gasteiger partial charge < -0.3 is 4.85 Å². The number of pyridine rings is 2. The van der Waals surface area contributed by atoms with Crippen molar-refractivity contribution in [2.45, 2.75) is 18.4 Å². The van der Waals surface area contributed by atoms with E-state index < -0.39 is 35.2 Å². The summed E-state index contributed by atoms with van der Waals surface area (Å²) in [4.78, 5) is 10.5. The molecule has 2 aromatic heterocycles. The Morgan fingerprint density at radius 1 is 0.926 bits per heavy atom. The van der Waals surface area contributed by atoms with Crippen LogP contribution in [0.2, 0.25) is 0 Å². The van der Waals surface area contributed by atoms with Crippen LogP contribution in [0.25, 0.3) is 15.7 Å². The van der Waals surface area contributed by atoms with E-state index in [0.29, 0.717) is 12.1 Å². The molecule has 0 aliphatic rings. The Morgan fingerprint density at radius 2 is 1.67 bits per heavy atom. The number of aromatic nitrogens is 2. The highest BCUT2D eigenvalue weighted by Crippen LogP contribution is 2.40. The summed E-state index contributed by atoms with van der Waals surface area (Å²) in [5.41, 5.74) is -3.74. The van der Waals surface area contributed by atoms with Crippen LogP contribution in [0.3, 0.4) is 0 Å². The molecule has 0 spiro atoms. The first-order chi connectivity index (χ1) is 12.6. The fourth-order valence-corrected chi connectivity index (χ4v) is 2.71. The van der Waals surface area contributed by atoms with Gasteiger partial charge in [-0.15, -0.1) is 0 Å². The molecule has 2 heterocycles. The van der Waals surface area contributed by atoms with Gasteiger partial charge in [-0.3, -0.25) is 4.98 Å². The first-order valence-electron chi connectivity index (χ1n) is 7.48. The van der Waals surface area contributed by atoms with Crippen molar-refractivity contribution in [2.75, 3.05) is 0 Å². The van der Waals surface area contributed by atoms with Gasteiger partial charge in [0.15, 0.2) is 0 Å². The summed E-state index contributed by atoms with van der Waals surface area (Å²) in [5, 5.41) is -0.176. The predicted octanol–water partition coefficient (Wildman–Crippen LogP) is 5.68. The number of fused-ring (bicyclic) bond motifs is 1. The van der Waals surface area contributed by atoms with Crippen molar-refractivity contribution >= 4 is 10.9 Å². The first kappa shape index (κ1) is 18.6. The molecule has 0 aliphatic heterocycles. The topological polar surface area (TPSA) is 30.1 Å². The second-order valence-corrected chi connectivity index (χ2v) is 5.58. The number of halogens is 6. The van der Waals surface area contributed by atoms with E-state index >= 15 is 0 Å². The van der Waals surface area contributed by atoms with Crippen molar-refractivity contribution in [3.63, 3.8) is 0 Å². The normalized spacial score (nSPS) is 13.4. The molecule has 0 aliphatic carbocycles. The zero-order valence-electron chi connectivity index (χ0n) is 13.3. The van der Waals surface area contributed by atoms with Crippen LogP contribution in [0, 0.1) is 6.57 Å².